The average molecular weight is 320 g/mol. The Balaban J connectivity index is 1.86. The molecule has 0 aromatic heterocycles. The van der Waals surface area contributed by atoms with Gasteiger partial charge in [-0.2, -0.15) is 9.48 Å². The molecule has 23 heavy (non-hydrogen) atoms. The molecule has 1 aliphatic carbocycles. The zero-order valence-corrected chi connectivity index (χ0v) is 13.4. The number of ether oxygens (including phenoxy) is 1. The molecule has 1 N–H and O–H groups in total. The summed E-state index contributed by atoms with van der Waals surface area (Å²) in [6.07, 6.45) is 3.74. The highest BCUT2D eigenvalue weighted by atomic mass is 19.1. The van der Waals surface area contributed by atoms with Gasteiger partial charge in [0.1, 0.15) is 5.60 Å². The molecule has 0 spiro atoms. The number of alkyl carbamates (subject to hydrolysis) is 1. The van der Waals surface area contributed by atoms with E-state index in [1.165, 1.54) is 12.3 Å². The molecule has 0 aromatic rings. The standard InChI is InChI=1S/C16H18FN3O3/c1-16(2,3)23-15(22)19-9-20-7-6-11-12(21)5-4-10(13(11)20)8-18-14(20)17/h4-5,8H,6-7,9H2,1-3H3/p+1. The Morgan fingerprint density at radius 2 is 2.17 bits per heavy atom. The number of ketones is 1. The highest BCUT2D eigenvalue weighted by Gasteiger charge is 2.51. The summed E-state index contributed by atoms with van der Waals surface area (Å²) in [4.78, 5) is 27.7. The second-order valence-corrected chi connectivity index (χ2v) is 6.79. The molecule has 0 radical (unpaired) electrons. The van der Waals surface area contributed by atoms with Crippen molar-refractivity contribution in [1.29, 1.82) is 0 Å². The van der Waals surface area contributed by atoms with Gasteiger partial charge in [-0.15, -0.1) is 4.39 Å². The zero-order valence-electron chi connectivity index (χ0n) is 13.4. The van der Waals surface area contributed by atoms with Crippen molar-refractivity contribution in [3.05, 3.63) is 35.2 Å². The molecule has 0 aromatic carbocycles. The quantitative estimate of drug-likeness (QED) is 0.627. The van der Waals surface area contributed by atoms with Crippen LogP contribution in [0.3, 0.4) is 0 Å². The Kier molecular flexibility index (Phi) is 3.48. The predicted octanol–water partition coefficient (Wildman–Crippen LogP) is 2.31. The number of hydrogen-bond donors (Lipinski definition) is 1. The van der Waals surface area contributed by atoms with E-state index >= 15 is 0 Å². The maximum atomic E-state index is 14.5. The molecule has 0 bridgehead atoms. The lowest BCUT2D eigenvalue weighted by Gasteiger charge is -2.35. The summed E-state index contributed by atoms with van der Waals surface area (Å²) >= 11 is 0. The van der Waals surface area contributed by atoms with Crippen molar-refractivity contribution in [3.8, 4) is 0 Å². The lowest BCUT2D eigenvalue weighted by atomic mass is 9.97. The van der Waals surface area contributed by atoms with Gasteiger partial charge < -0.3 is 4.74 Å². The fourth-order valence-corrected chi connectivity index (χ4v) is 3.06. The van der Waals surface area contributed by atoms with E-state index in [4.69, 9.17) is 4.74 Å². The third-order valence-corrected chi connectivity index (χ3v) is 4.00. The zero-order chi connectivity index (χ0) is 16.8. The van der Waals surface area contributed by atoms with E-state index in [-0.39, 0.29) is 16.9 Å². The van der Waals surface area contributed by atoms with Gasteiger partial charge in [-0.05, 0) is 32.9 Å². The first kappa shape index (κ1) is 15.6. The summed E-state index contributed by atoms with van der Waals surface area (Å²) < 4.78 is 19.5. The molecule has 1 unspecified atom stereocenters. The number of halogens is 1. The van der Waals surface area contributed by atoms with Gasteiger partial charge in [0.05, 0.1) is 17.7 Å². The van der Waals surface area contributed by atoms with Crippen molar-refractivity contribution in [2.45, 2.75) is 32.8 Å². The molecule has 2 aliphatic heterocycles. The fraction of sp³-hybridized carbons (Fsp3) is 0.438. The molecule has 3 rings (SSSR count). The van der Waals surface area contributed by atoms with Crippen molar-refractivity contribution >= 4 is 18.0 Å². The van der Waals surface area contributed by atoms with E-state index in [1.807, 2.05) is 0 Å². The van der Waals surface area contributed by atoms with Crippen LogP contribution in [0.1, 0.15) is 27.2 Å². The second kappa shape index (κ2) is 5.13. The van der Waals surface area contributed by atoms with Gasteiger partial charge in [0.25, 0.3) is 0 Å². The first-order valence-corrected chi connectivity index (χ1v) is 7.47. The summed E-state index contributed by atoms with van der Waals surface area (Å²) in [6, 6.07) is 0. The second-order valence-electron chi connectivity index (χ2n) is 6.79. The topological polar surface area (TPSA) is 67.8 Å². The molecular formula is C16H19FN3O3+. The van der Waals surface area contributed by atoms with E-state index in [1.54, 1.807) is 26.8 Å². The molecule has 0 saturated carbocycles. The van der Waals surface area contributed by atoms with Crippen LogP contribution in [0.2, 0.25) is 0 Å². The van der Waals surface area contributed by atoms with E-state index in [9.17, 15) is 14.0 Å². The molecule has 122 valence electrons. The number of hydrogen-bond acceptors (Lipinski definition) is 4. The maximum Gasteiger partial charge on any atom is 0.411 e. The first-order chi connectivity index (χ1) is 10.7. The van der Waals surface area contributed by atoms with Gasteiger partial charge in [0.15, 0.2) is 18.1 Å². The number of nitrogens with one attached hydrogen (secondary N) is 1. The monoisotopic (exact) mass is 320 g/mol. The van der Waals surface area contributed by atoms with E-state index in [0.717, 1.165) is 0 Å². The number of amides is 1. The molecular weight excluding hydrogens is 301 g/mol. The van der Waals surface area contributed by atoms with Gasteiger partial charge in [-0.3, -0.25) is 10.1 Å². The average Bonchev–Trinajstić information content (AvgIpc) is 2.85. The number of allylic oxidation sites excluding steroid dienone is 2. The van der Waals surface area contributed by atoms with Crippen molar-refractivity contribution in [1.82, 2.24) is 5.32 Å². The summed E-state index contributed by atoms with van der Waals surface area (Å²) in [5.41, 5.74) is 1.27. The maximum absolute atomic E-state index is 14.5. The smallest absolute Gasteiger partial charge is 0.411 e. The fourth-order valence-electron chi connectivity index (χ4n) is 3.06. The Hall–Kier alpha value is -2.28. The molecule has 1 atom stereocenters. The molecule has 1 amide bonds. The van der Waals surface area contributed by atoms with E-state index < -0.39 is 17.8 Å². The van der Waals surface area contributed by atoms with Crippen LogP contribution < -0.4 is 5.32 Å². The Morgan fingerprint density at radius 3 is 2.87 bits per heavy atom. The van der Waals surface area contributed by atoms with Crippen LogP contribution in [-0.4, -0.2) is 41.3 Å². The van der Waals surface area contributed by atoms with Crippen LogP contribution in [0.15, 0.2) is 40.2 Å². The van der Waals surface area contributed by atoms with Crippen molar-refractivity contribution < 1.29 is 23.2 Å². The van der Waals surface area contributed by atoms with Gasteiger partial charge in [0, 0.05) is 12.6 Å². The summed E-state index contributed by atoms with van der Waals surface area (Å²) in [7, 11) is 0. The lowest BCUT2D eigenvalue weighted by Crippen LogP contribution is -2.56. The summed E-state index contributed by atoms with van der Waals surface area (Å²) in [5.74, 6) is -0.107. The molecule has 7 heteroatoms. The minimum Gasteiger partial charge on any atom is -0.444 e. The van der Waals surface area contributed by atoms with Gasteiger partial charge in [-0.25, -0.2) is 4.79 Å². The minimum absolute atomic E-state index is 0.0401. The van der Waals surface area contributed by atoms with Crippen molar-refractivity contribution in [3.63, 3.8) is 0 Å². The van der Waals surface area contributed by atoms with Gasteiger partial charge >= 0.3 is 12.2 Å². The number of carbonyl (C=O) groups is 2. The number of aliphatic imine (C=N–C) groups is 1. The van der Waals surface area contributed by atoms with Crippen LogP contribution >= 0.6 is 0 Å². The van der Waals surface area contributed by atoms with Crippen molar-refractivity contribution in [2.24, 2.45) is 4.99 Å². The number of quaternary nitrogens is 1. The molecule has 0 fully saturated rings. The number of rotatable bonds is 2. The number of nitrogens with zero attached hydrogens (tertiary/aromatic N) is 2. The van der Waals surface area contributed by atoms with Crippen LogP contribution in [-0.2, 0) is 9.53 Å². The predicted molar refractivity (Wildman–Crippen MR) is 81.8 cm³/mol. The SMILES string of the molecule is CC(C)(C)OC(=O)NC[N+]12CCC3=C1C(=CN=C2F)C=CC3=O. The third-order valence-electron chi connectivity index (χ3n) is 4.00. The minimum atomic E-state index is -0.636. The Bertz CT molecular complexity index is 713. The largest absolute Gasteiger partial charge is 0.444 e. The molecule has 6 nitrogen and oxygen atoms in total. The Labute approximate surface area is 133 Å². The first-order valence-electron chi connectivity index (χ1n) is 7.47. The van der Waals surface area contributed by atoms with Gasteiger partial charge in [0.2, 0.25) is 0 Å². The van der Waals surface area contributed by atoms with Crippen LogP contribution in [0, 0.1) is 0 Å². The molecule has 0 saturated heterocycles. The van der Waals surface area contributed by atoms with Gasteiger partial charge in [-0.1, -0.05) is 0 Å². The van der Waals surface area contributed by atoms with Crippen molar-refractivity contribution in [2.75, 3.05) is 13.2 Å². The highest BCUT2D eigenvalue weighted by molar-refractivity contribution is 6.07. The normalized spacial score (nSPS) is 25.8. The Morgan fingerprint density at radius 1 is 1.43 bits per heavy atom. The van der Waals surface area contributed by atoms with Crippen LogP contribution in [0.4, 0.5) is 9.18 Å². The molecule has 2 heterocycles. The summed E-state index contributed by atoms with van der Waals surface area (Å²) in [5, 5.41) is 2.60. The van der Waals surface area contributed by atoms with E-state index in [2.05, 4.69) is 10.3 Å². The van der Waals surface area contributed by atoms with E-state index in [0.29, 0.717) is 29.8 Å². The summed E-state index contributed by atoms with van der Waals surface area (Å²) in [6.45, 7) is 5.57. The molecule has 3 aliphatic rings. The van der Waals surface area contributed by atoms with Crippen LogP contribution in [0.5, 0.6) is 0 Å². The third kappa shape index (κ3) is 2.61. The number of carbonyl (C=O) groups excluding carboxylic acids is 2. The highest BCUT2D eigenvalue weighted by Crippen LogP contribution is 2.42. The lowest BCUT2D eigenvalue weighted by molar-refractivity contribution is -0.803. The number of amidine groups is 1. The van der Waals surface area contributed by atoms with Crippen LogP contribution in [0.25, 0.3) is 0 Å².